The summed E-state index contributed by atoms with van der Waals surface area (Å²) in [4.78, 5) is 30.5. The lowest BCUT2D eigenvalue weighted by atomic mass is 9.98. The van der Waals surface area contributed by atoms with Gasteiger partial charge in [-0.1, -0.05) is 118 Å². The first kappa shape index (κ1) is 40.1. The summed E-state index contributed by atoms with van der Waals surface area (Å²) in [5.41, 5.74) is 52.6. The minimum atomic E-state index is 0.113. The Hall–Kier alpha value is -9.28. The second-order valence-corrected chi connectivity index (χ2v) is 14.7. The van der Waals surface area contributed by atoms with E-state index in [1.165, 1.54) is 0 Å². The second kappa shape index (κ2) is 18.1. The van der Waals surface area contributed by atoms with Crippen LogP contribution in [0.25, 0.3) is 133 Å². The zero-order valence-electron chi connectivity index (χ0n) is 33.9. The van der Waals surface area contributed by atoms with Crippen LogP contribution in [0.1, 0.15) is 45.0 Å². The highest BCUT2D eigenvalue weighted by Crippen LogP contribution is 2.41. The van der Waals surface area contributed by atoms with Crippen molar-refractivity contribution in [1.82, 2.24) is 19.9 Å². The summed E-state index contributed by atoms with van der Waals surface area (Å²) in [5.74, 6) is 0. The SMILES string of the molecule is [N-]=[N+]=NCc1ccccc1-c1c2nc(c(-c3ccccc3CN=[N+]=[N-])c3ccc([nH]3)c(-c3ccccc3CN=[N+]=[N-])c3nc(c(-c4ccccc4CN=[N+]=[N-])c4ccc1[nH]4)C=C3)C=C2. The second-order valence-electron chi connectivity index (χ2n) is 14.7. The molecule has 3 aromatic heterocycles. The van der Waals surface area contributed by atoms with Gasteiger partial charge in [0.2, 0.25) is 0 Å². The van der Waals surface area contributed by atoms with E-state index in [4.69, 9.17) is 9.97 Å². The molecule has 8 bridgehead atoms. The number of fused-ring (bicyclic) bond motifs is 8. The van der Waals surface area contributed by atoms with Crippen LogP contribution in [0.15, 0.2) is 142 Å². The van der Waals surface area contributed by atoms with Crippen LogP contribution < -0.4 is 0 Å². The summed E-state index contributed by atoms with van der Waals surface area (Å²) in [7, 11) is 0. The number of rotatable bonds is 12. The van der Waals surface area contributed by atoms with Crippen molar-refractivity contribution in [3.8, 4) is 44.5 Å². The first-order valence-corrected chi connectivity index (χ1v) is 20.1. The molecule has 0 aliphatic carbocycles. The minimum absolute atomic E-state index is 0.113. The molecule has 0 amide bonds. The van der Waals surface area contributed by atoms with Gasteiger partial charge in [-0.3, -0.25) is 0 Å². The van der Waals surface area contributed by atoms with Crippen molar-refractivity contribution >= 4 is 46.4 Å². The van der Waals surface area contributed by atoms with Crippen LogP contribution in [-0.4, -0.2) is 19.9 Å². The molecular weight excluding hydrogens is 801 g/mol. The van der Waals surface area contributed by atoms with Gasteiger partial charge in [-0.25, -0.2) is 9.97 Å². The molecule has 0 atom stereocenters. The summed E-state index contributed by atoms with van der Waals surface area (Å²) in [6, 6.07) is 39.1. The third-order valence-corrected chi connectivity index (χ3v) is 11.1. The molecule has 0 saturated heterocycles. The van der Waals surface area contributed by atoms with Crippen LogP contribution in [0.5, 0.6) is 0 Å². The molecule has 64 heavy (non-hydrogen) atoms. The number of H-pyrrole nitrogens is 2. The predicted octanol–water partition coefficient (Wildman–Crippen LogP) is 14.6. The van der Waals surface area contributed by atoms with Crippen LogP contribution in [0.4, 0.5) is 0 Å². The standard InChI is InChI=1S/C48H34N16/c49-61-53-25-29-9-1-5-13-33(29)45-37-17-19-39(57-37)46(34-14-6-2-10-30(34)26-54-62-50)41-21-23-43(59-41)48(36-16-8-4-12-32(36)28-56-64-52)44-24-22-42(60-44)47(40-20-18-38(45)58-40)35-15-7-3-11-31(35)27-55-63-51/h1-24,57,60H,25-28H2. The number of azide groups is 4. The van der Waals surface area contributed by atoms with Gasteiger partial charge in [0.05, 0.1) is 49.0 Å². The molecule has 9 rings (SSSR count). The van der Waals surface area contributed by atoms with Gasteiger partial charge in [0.15, 0.2) is 0 Å². The van der Waals surface area contributed by atoms with Crippen molar-refractivity contribution in [3.05, 3.63) is 208 Å². The molecular formula is C48H34N16. The Bertz CT molecular complexity index is 3000. The molecule has 0 spiro atoms. The largest absolute Gasteiger partial charge is 0.354 e. The fraction of sp³-hybridized carbons (Fsp3) is 0.0833. The number of hydrogen-bond donors (Lipinski definition) is 2. The van der Waals surface area contributed by atoms with Crippen molar-refractivity contribution < 1.29 is 0 Å². The molecule has 0 fully saturated rings. The van der Waals surface area contributed by atoms with E-state index in [-0.39, 0.29) is 26.2 Å². The fourth-order valence-electron chi connectivity index (χ4n) is 8.38. The molecule has 4 aromatic carbocycles. The lowest BCUT2D eigenvalue weighted by Gasteiger charge is -2.11. The number of nitrogens with zero attached hydrogens (tertiary/aromatic N) is 14. The van der Waals surface area contributed by atoms with E-state index in [2.05, 4.69) is 50.1 Å². The maximum Gasteiger partial charge on any atom is 0.0737 e. The molecule has 2 aliphatic rings. The minimum Gasteiger partial charge on any atom is -0.354 e. The predicted molar refractivity (Wildman–Crippen MR) is 252 cm³/mol. The molecule has 7 aromatic rings. The Morgan fingerprint density at radius 3 is 0.812 bits per heavy atom. The van der Waals surface area contributed by atoms with Crippen molar-refractivity contribution in [2.45, 2.75) is 26.2 Å². The normalized spacial score (nSPS) is 11.2. The van der Waals surface area contributed by atoms with Gasteiger partial charge in [0, 0.05) is 64.0 Å². The van der Waals surface area contributed by atoms with Crippen LogP contribution >= 0.6 is 0 Å². The van der Waals surface area contributed by atoms with E-state index in [1.54, 1.807) is 0 Å². The van der Waals surface area contributed by atoms with Gasteiger partial charge < -0.3 is 9.97 Å². The number of aromatic amines is 2. The summed E-state index contributed by atoms with van der Waals surface area (Å²) in [6.45, 7) is 0.452. The van der Waals surface area contributed by atoms with E-state index in [9.17, 15) is 22.1 Å². The van der Waals surface area contributed by atoms with Crippen molar-refractivity contribution in [3.63, 3.8) is 0 Å². The first-order valence-electron chi connectivity index (χ1n) is 20.1. The summed E-state index contributed by atoms with van der Waals surface area (Å²) >= 11 is 0. The lowest BCUT2D eigenvalue weighted by Crippen LogP contribution is -1.94. The highest BCUT2D eigenvalue weighted by Gasteiger charge is 2.22. The molecule has 0 radical (unpaired) electrons. The highest BCUT2D eigenvalue weighted by molar-refractivity contribution is 6.00. The number of hydrogen-bond acceptors (Lipinski definition) is 6. The van der Waals surface area contributed by atoms with Gasteiger partial charge >= 0.3 is 0 Å². The Morgan fingerprint density at radius 2 is 0.578 bits per heavy atom. The van der Waals surface area contributed by atoms with E-state index in [0.29, 0.717) is 22.8 Å². The lowest BCUT2D eigenvalue weighted by molar-refractivity contribution is 1.05. The van der Waals surface area contributed by atoms with E-state index in [1.807, 2.05) is 146 Å². The van der Waals surface area contributed by atoms with Crippen molar-refractivity contribution in [1.29, 1.82) is 0 Å². The molecule has 2 N–H and O–H groups in total. The maximum absolute atomic E-state index is 9.37. The zero-order valence-corrected chi connectivity index (χ0v) is 33.9. The van der Waals surface area contributed by atoms with Crippen molar-refractivity contribution in [2.75, 3.05) is 0 Å². The Labute approximate surface area is 364 Å². The quantitative estimate of drug-likeness (QED) is 0.0692. The van der Waals surface area contributed by atoms with Gasteiger partial charge in [0.25, 0.3) is 0 Å². The first-order chi connectivity index (χ1) is 31.6. The van der Waals surface area contributed by atoms with Gasteiger partial charge in [-0.05, 0) is 115 Å². The van der Waals surface area contributed by atoms with E-state index < -0.39 is 0 Å². The smallest absolute Gasteiger partial charge is 0.0737 e. The van der Waals surface area contributed by atoms with Gasteiger partial charge in [0.1, 0.15) is 0 Å². The monoisotopic (exact) mass is 834 g/mol. The third kappa shape index (κ3) is 7.77. The third-order valence-electron chi connectivity index (χ3n) is 11.1. The summed E-state index contributed by atoms with van der Waals surface area (Å²) in [6.07, 6.45) is 7.89. The molecule has 16 nitrogen and oxygen atoms in total. The Balaban J connectivity index is 1.50. The maximum atomic E-state index is 9.37. The van der Waals surface area contributed by atoms with Crippen LogP contribution in [0.3, 0.4) is 0 Å². The molecule has 0 saturated carbocycles. The topological polar surface area (TPSA) is 252 Å². The molecule has 0 unspecified atom stereocenters. The fourth-order valence-corrected chi connectivity index (χ4v) is 8.38. The van der Waals surface area contributed by atoms with Gasteiger partial charge in [-0.15, -0.1) is 0 Å². The Kier molecular flexibility index (Phi) is 11.4. The molecule has 5 heterocycles. The van der Waals surface area contributed by atoms with Crippen LogP contribution in [0.2, 0.25) is 0 Å². The zero-order chi connectivity index (χ0) is 43.8. The molecule has 306 valence electrons. The average molecular weight is 835 g/mol. The summed E-state index contributed by atoms with van der Waals surface area (Å²) < 4.78 is 0. The molecule has 16 heteroatoms. The van der Waals surface area contributed by atoms with E-state index >= 15 is 0 Å². The molecule has 2 aliphatic heterocycles. The van der Waals surface area contributed by atoms with Crippen molar-refractivity contribution in [2.24, 2.45) is 20.5 Å². The number of aromatic nitrogens is 4. The average Bonchev–Trinajstić information content (AvgIpc) is 4.19. The summed E-state index contributed by atoms with van der Waals surface area (Å²) in [5, 5.41) is 15.8. The number of benzene rings is 4. The van der Waals surface area contributed by atoms with E-state index in [0.717, 1.165) is 88.8 Å². The van der Waals surface area contributed by atoms with Crippen LogP contribution in [-0.2, 0) is 26.2 Å². The number of nitrogens with one attached hydrogen (secondary N) is 2. The van der Waals surface area contributed by atoms with Gasteiger partial charge in [-0.2, -0.15) is 0 Å². The highest BCUT2D eigenvalue weighted by atomic mass is 15.1. The Morgan fingerprint density at radius 1 is 0.344 bits per heavy atom. The van der Waals surface area contributed by atoms with Crippen LogP contribution in [0, 0.1) is 0 Å².